The van der Waals surface area contributed by atoms with Crippen molar-refractivity contribution in [3.8, 4) is 0 Å². The van der Waals surface area contributed by atoms with E-state index >= 15 is 0 Å². The topological polar surface area (TPSA) is 67.8 Å². The fourth-order valence-electron chi connectivity index (χ4n) is 2.38. The van der Waals surface area contributed by atoms with Crippen LogP contribution < -0.4 is 5.32 Å². The number of rotatable bonds is 5. The molecule has 1 aliphatic rings. The van der Waals surface area contributed by atoms with Crippen molar-refractivity contribution in [1.29, 1.82) is 0 Å². The van der Waals surface area contributed by atoms with Crippen molar-refractivity contribution >= 4 is 18.1 Å². The summed E-state index contributed by atoms with van der Waals surface area (Å²) in [7, 11) is 0. The van der Waals surface area contributed by atoms with E-state index in [0.717, 1.165) is 24.9 Å². The first-order valence-electron chi connectivity index (χ1n) is 7.73. The Kier molecular flexibility index (Phi) is 6.13. The molecule has 0 aromatic heterocycles. The standard InChI is InChI=1S/C17H22N2O3/c1-2-22-17(21)14-7-5-13(6-8-14)9-11-18-15-4-3-10-19-16(20)12-15/h5-8,11,15H,2-4,9-10,12H2,1H3,(H,19,20). The highest BCUT2D eigenvalue weighted by atomic mass is 16.5. The van der Waals surface area contributed by atoms with Crippen LogP contribution in [0, 0.1) is 0 Å². The number of nitrogens with zero attached hydrogens (tertiary/aromatic N) is 1. The summed E-state index contributed by atoms with van der Waals surface area (Å²) in [5.41, 5.74) is 1.64. The first-order chi connectivity index (χ1) is 10.7. The Morgan fingerprint density at radius 2 is 2.18 bits per heavy atom. The fraction of sp³-hybridized carbons (Fsp3) is 0.471. The number of benzene rings is 1. The first kappa shape index (κ1) is 16.2. The van der Waals surface area contributed by atoms with Crippen LogP contribution in [0.5, 0.6) is 0 Å². The Morgan fingerprint density at radius 1 is 1.41 bits per heavy atom. The van der Waals surface area contributed by atoms with Crippen LogP contribution in [0.2, 0.25) is 0 Å². The lowest BCUT2D eigenvalue weighted by Gasteiger charge is -2.06. The van der Waals surface area contributed by atoms with Crippen LogP contribution >= 0.6 is 0 Å². The summed E-state index contributed by atoms with van der Waals surface area (Å²) in [5, 5.41) is 2.85. The van der Waals surface area contributed by atoms with Gasteiger partial charge in [-0.05, 0) is 37.5 Å². The maximum absolute atomic E-state index is 11.6. The van der Waals surface area contributed by atoms with Gasteiger partial charge in [0.05, 0.1) is 18.2 Å². The minimum Gasteiger partial charge on any atom is -0.462 e. The van der Waals surface area contributed by atoms with Crippen LogP contribution in [-0.4, -0.2) is 37.3 Å². The number of aliphatic imine (C=N–C) groups is 1. The first-order valence-corrected chi connectivity index (χ1v) is 7.73. The summed E-state index contributed by atoms with van der Waals surface area (Å²) >= 11 is 0. The van der Waals surface area contributed by atoms with Crippen molar-refractivity contribution in [3.05, 3.63) is 35.4 Å². The Bertz CT molecular complexity index is 537. The molecule has 1 saturated heterocycles. The third kappa shape index (κ3) is 4.98. The predicted molar refractivity (Wildman–Crippen MR) is 85.2 cm³/mol. The van der Waals surface area contributed by atoms with Gasteiger partial charge in [0, 0.05) is 25.6 Å². The van der Waals surface area contributed by atoms with Crippen LogP contribution in [0.25, 0.3) is 0 Å². The molecular formula is C17H22N2O3. The van der Waals surface area contributed by atoms with Gasteiger partial charge in [0.1, 0.15) is 0 Å². The zero-order chi connectivity index (χ0) is 15.8. The maximum atomic E-state index is 11.6. The maximum Gasteiger partial charge on any atom is 0.338 e. The van der Waals surface area contributed by atoms with Crippen LogP contribution in [0.1, 0.15) is 42.1 Å². The van der Waals surface area contributed by atoms with Crippen molar-refractivity contribution in [3.63, 3.8) is 0 Å². The van der Waals surface area contributed by atoms with E-state index in [1.54, 1.807) is 19.1 Å². The van der Waals surface area contributed by atoms with Gasteiger partial charge in [0.25, 0.3) is 0 Å². The molecule has 22 heavy (non-hydrogen) atoms. The fourth-order valence-corrected chi connectivity index (χ4v) is 2.38. The van der Waals surface area contributed by atoms with Crippen LogP contribution in [0.15, 0.2) is 29.3 Å². The van der Waals surface area contributed by atoms with Crippen molar-refractivity contribution in [2.45, 2.75) is 38.6 Å². The number of hydrogen-bond acceptors (Lipinski definition) is 4. The van der Waals surface area contributed by atoms with Crippen LogP contribution in [0.3, 0.4) is 0 Å². The van der Waals surface area contributed by atoms with E-state index in [0.29, 0.717) is 25.0 Å². The monoisotopic (exact) mass is 302 g/mol. The Morgan fingerprint density at radius 3 is 2.91 bits per heavy atom. The molecule has 0 aliphatic carbocycles. The highest BCUT2D eigenvalue weighted by Gasteiger charge is 2.15. The summed E-state index contributed by atoms with van der Waals surface area (Å²) in [6.07, 6.45) is 4.95. The van der Waals surface area contributed by atoms with E-state index < -0.39 is 0 Å². The van der Waals surface area contributed by atoms with Crippen LogP contribution in [-0.2, 0) is 16.0 Å². The second kappa shape index (κ2) is 8.32. The van der Waals surface area contributed by atoms with Gasteiger partial charge < -0.3 is 10.1 Å². The molecule has 1 fully saturated rings. The van der Waals surface area contributed by atoms with E-state index in [9.17, 15) is 9.59 Å². The normalized spacial score (nSPS) is 18.8. The number of esters is 1. The Balaban J connectivity index is 1.87. The smallest absolute Gasteiger partial charge is 0.338 e. The SMILES string of the molecule is CCOC(=O)c1ccc(CC=NC2CCCNC(=O)C2)cc1. The van der Waals surface area contributed by atoms with Gasteiger partial charge in [0.15, 0.2) is 0 Å². The molecule has 118 valence electrons. The summed E-state index contributed by atoms with van der Waals surface area (Å²) in [4.78, 5) is 27.5. The van der Waals surface area contributed by atoms with Crippen molar-refractivity contribution in [2.24, 2.45) is 4.99 Å². The predicted octanol–water partition coefficient (Wildman–Crippen LogP) is 2.15. The molecule has 0 radical (unpaired) electrons. The molecule has 0 spiro atoms. The molecule has 2 rings (SSSR count). The van der Waals surface area contributed by atoms with Gasteiger partial charge >= 0.3 is 5.97 Å². The molecule has 1 heterocycles. The molecule has 5 nitrogen and oxygen atoms in total. The lowest BCUT2D eigenvalue weighted by Crippen LogP contribution is -2.23. The average molecular weight is 302 g/mol. The number of carbonyl (C=O) groups excluding carboxylic acids is 2. The third-order valence-electron chi connectivity index (χ3n) is 3.57. The Labute approximate surface area is 130 Å². The van der Waals surface area contributed by atoms with Gasteiger partial charge in [-0.25, -0.2) is 4.79 Å². The molecule has 0 bridgehead atoms. The molecule has 1 N–H and O–H groups in total. The highest BCUT2D eigenvalue weighted by molar-refractivity contribution is 5.89. The van der Waals surface area contributed by atoms with E-state index in [-0.39, 0.29) is 17.9 Å². The van der Waals surface area contributed by atoms with Gasteiger partial charge in [-0.1, -0.05) is 12.1 Å². The van der Waals surface area contributed by atoms with Gasteiger partial charge in [-0.15, -0.1) is 0 Å². The summed E-state index contributed by atoms with van der Waals surface area (Å²) < 4.78 is 4.95. The number of amides is 1. The van der Waals surface area contributed by atoms with Crippen molar-refractivity contribution in [2.75, 3.05) is 13.2 Å². The zero-order valence-corrected chi connectivity index (χ0v) is 12.9. The largest absolute Gasteiger partial charge is 0.462 e. The van der Waals surface area contributed by atoms with Gasteiger partial charge in [0.2, 0.25) is 5.91 Å². The van der Waals surface area contributed by atoms with Crippen molar-refractivity contribution in [1.82, 2.24) is 5.32 Å². The van der Waals surface area contributed by atoms with E-state index in [4.69, 9.17) is 4.74 Å². The quantitative estimate of drug-likeness (QED) is 0.669. The number of hydrogen-bond donors (Lipinski definition) is 1. The highest BCUT2D eigenvalue weighted by Crippen LogP contribution is 2.10. The molecule has 1 aliphatic heterocycles. The second-order valence-corrected chi connectivity index (χ2v) is 5.30. The van der Waals surface area contributed by atoms with E-state index in [2.05, 4.69) is 10.3 Å². The minimum atomic E-state index is -0.299. The third-order valence-corrected chi connectivity index (χ3v) is 3.57. The number of ether oxygens (including phenoxy) is 1. The average Bonchev–Trinajstić information content (AvgIpc) is 2.72. The molecule has 1 aromatic rings. The van der Waals surface area contributed by atoms with E-state index in [1.165, 1.54) is 0 Å². The molecular weight excluding hydrogens is 280 g/mol. The lowest BCUT2D eigenvalue weighted by molar-refractivity contribution is -0.120. The molecule has 5 heteroatoms. The number of nitrogens with one attached hydrogen (secondary N) is 1. The van der Waals surface area contributed by atoms with Crippen molar-refractivity contribution < 1.29 is 14.3 Å². The Hall–Kier alpha value is -2.17. The second-order valence-electron chi connectivity index (χ2n) is 5.30. The minimum absolute atomic E-state index is 0.0819. The molecule has 1 atom stereocenters. The lowest BCUT2D eigenvalue weighted by atomic mass is 10.1. The molecule has 1 aromatic carbocycles. The zero-order valence-electron chi connectivity index (χ0n) is 12.9. The molecule has 1 amide bonds. The summed E-state index contributed by atoms with van der Waals surface area (Å²) in [6, 6.07) is 7.41. The molecule has 1 unspecified atom stereocenters. The van der Waals surface area contributed by atoms with Gasteiger partial charge in [-0.3, -0.25) is 9.79 Å². The van der Waals surface area contributed by atoms with Gasteiger partial charge in [-0.2, -0.15) is 0 Å². The summed E-state index contributed by atoms with van der Waals surface area (Å²) in [5.74, 6) is -0.217. The molecule has 0 saturated carbocycles. The summed E-state index contributed by atoms with van der Waals surface area (Å²) in [6.45, 7) is 2.92. The van der Waals surface area contributed by atoms with Crippen LogP contribution in [0.4, 0.5) is 0 Å². The van der Waals surface area contributed by atoms with E-state index in [1.807, 2.05) is 18.3 Å². The number of carbonyl (C=O) groups is 2.